The van der Waals surface area contributed by atoms with Gasteiger partial charge in [0.1, 0.15) is 5.82 Å². The fourth-order valence-corrected chi connectivity index (χ4v) is 1.34. The van der Waals surface area contributed by atoms with Gasteiger partial charge in [-0.15, -0.1) is 0 Å². The van der Waals surface area contributed by atoms with Crippen molar-refractivity contribution in [1.82, 2.24) is 9.97 Å². The molecule has 0 spiro atoms. The number of nitrogens with two attached hydrogens (primary N) is 1. The summed E-state index contributed by atoms with van der Waals surface area (Å²) in [6, 6.07) is 0.763. The highest BCUT2D eigenvalue weighted by Gasteiger charge is 2.33. The average Bonchev–Trinajstić information content (AvgIpc) is 2.27. The number of nitrogens with zero attached hydrogens (tertiary/aromatic N) is 2. The number of ether oxygens (including phenoxy) is 1. The van der Waals surface area contributed by atoms with Crippen LogP contribution < -0.4 is 11.1 Å². The number of nitrogens with one attached hydrogen (secondary N) is 1. The molecule has 0 saturated carbocycles. The Hall–Kier alpha value is -1.61. The highest BCUT2D eigenvalue weighted by molar-refractivity contribution is 5.41. The summed E-state index contributed by atoms with van der Waals surface area (Å²) in [4.78, 5) is 6.74. The van der Waals surface area contributed by atoms with Gasteiger partial charge in [0, 0.05) is 19.7 Å². The topological polar surface area (TPSA) is 93.3 Å². The van der Waals surface area contributed by atoms with E-state index in [2.05, 4.69) is 15.3 Å². The van der Waals surface area contributed by atoms with Crippen molar-refractivity contribution in [2.45, 2.75) is 18.7 Å². The largest absolute Gasteiger partial charge is 0.433 e. The number of halogens is 3. The maximum Gasteiger partial charge on any atom is 0.433 e. The van der Waals surface area contributed by atoms with E-state index in [-0.39, 0.29) is 19.0 Å². The molecular formula is C10H15F3N4O2. The second kappa shape index (κ2) is 6.53. The molecule has 0 radical (unpaired) electrons. The third kappa shape index (κ3) is 5.26. The monoisotopic (exact) mass is 280 g/mol. The molecule has 1 heterocycles. The fraction of sp³-hybridized carbons (Fsp3) is 0.600. The smallest absolute Gasteiger partial charge is 0.391 e. The molecular weight excluding hydrogens is 265 g/mol. The van der Waals surface area contributed by atoms with Crippen molar-refractivity contribution < 1.29 is 23.0 Å². The molecule has 0 aliphatic carbocycles. The van der Waals surface area contributed by atoms with Gasteiger partial charge in [0.25, 0.3) is 0 Å². The summed E-state index contributed by atoms with van der Waals surface area (Å²) in [7, 11) is 1.44. The van der Waals surface area contributed by atoms with Crippen molar-refractivity contribution >= 4 is 11.8 Å². The molecule has 6 nitrogen and oxygen atoms in total. The summed E-state index contributed by atoms with van der Waals surface area (Å²) in [5.74, 6) is -0.501. The van der Waals surface area contributed by atoms with Gasteiger partial charge < -0.3 is 20.9 Å². The van der Waals surface area contributed by atoms with E-state index in [0.29, 0.717) is 6.42 Å². The molecule has 0 amide bonds. The molecule has 0 fully saturated rings. The van der Waals surface area contributed by atoms with Crippen molar-refractivity contribution in [2.24, 2.45) is 0 Å². The van der Waals surface area contributed by atoms with Crippen LogP contribution in [0.5, 0.6) is 0 Å². The molecule has 0 aliphatic rings. The zero-order chi connectivity index (χ0) is 14.5. The normalized spacial score (nSPS) is 13.3. The third-order valence-electron chi connectivity index (χ3n) is 2.18. The van der Waals surface area contributed by atoms with Gasteiger partial charge in [-0.25, -0.2) is 4.98 Å². The first-order chi connectivity index (χ1) is 8.82. The molecule has 0 aliphatic heterocycles. The lowest BCUT2D eigenvalue weighted by atomic mass is 10.2. The first-order valence-corrected chi connectivity index (χ1v) is 5.45. The Bertz CT molecular complexity index is 414. The van der Waals surface area contributed by atoms with Crippen LogP contribution in [0.3, 0.4) is 0 Å². The van der Waals surface area contributed by atoms with Crippen LogP contribution in [-0.2, 0) is 10.9 Å². The van der Waals surface area contributed by atoms with E-state index in [1.54, 1.807) is 0 Å². The number of alkyl halides is 3. The minimum Gasteiger partial charge on any atom is -0.391 e. The summed E-state index contributed by atoms with van der Waals surface area (Å²) < 4.78 is 42.1. The average molecular weight is 280 g/mol. The van der Waals surface area contributed by atoms with Crippen LogP contribution in [0, 0.1) is 0 Å². The Balaban J connectivity index is 2.61. The Labute approximate surface area is 107 Å². The SMILES string of the molecule is COCC(O)CCNc1cc(C(F)(F)F)nc(N)n1. The lowest BCUT2D eigenvalue weighted by molar-refractivity contribution is -0.141. The van der Waals surface area contributed by atoms with E-state index in [1.165, 1.54) is 7.11 Å². The van der Waals surface area contributed by atoms with Crippen LogP contribution in [0.4, 0.5) is 24.9 Å². The van der Waals surface area contributed by atoms with Crippen LogP contribution in [0.25, 0.3) is 0 Å². The predicted molar refractivity (Wildman–Crippen MR) is 62.4 cm³/mol. The highest BCUT2D eigenvalue weighted by Crippen LogP contribution is 2.29. The second-order valence-electron chi connectivity index (χ2n) is 3.82. The lowest BCUT2D eigenvalue weighted by Crippen LogP contribution is -2.19. The van der Waals surface area contributed by atoms with E-state index < -0.39 is 23.9 Å². The van der Waals surface area contributed by atoms with Gasteiger partial charge in [0.2, 0.25) is 5.95 Å². The molecule has 1 unspecified atom stereocenters. The summed E-state index contributed by atoms with van der Waals surface area (Å²) >= 11 is 0. The van der Waals surface area contributed by atoms with Crippen LogP contribution >= 0.6 is 0 Å². The van der Waals surface area contributed by atoms with E-state index >= 15 is 0 Å². The zero-order valence-corrected chi connectivity index (χ0v) is 10.2. The second-order valence-corrected chi connectivity index (χ2v) is 3.82. The van der Waals surface area contributed by atoms with Crippen LogP contribution in [0.2, 0.25) is 0 Å². The molecule has 1 atom stereocenters. The Morgan fingerprint density at radius 3 is 2.74 bits per heavy atom. The van der Waals surface area contributed by atoms with Gasteiger partial charge in [-0.2, -0.15) is 18.2 Å². The van der Waals surface area contributed by atoms with Crippen molar-refractivity contribution in [2.75, 3.05) is 31.3 Å². The number of rotatable bonds is 6. The van der Waals surface area contributed by atoms with Gasteiger partial charge in [0.05, 0.1) is 12.7 Å². The fourth-order valence-electron chi connectivity index (χ4n) is 1.34. The number of nitrogen functional groups attached to an aromatic ring is 1. The standard InChI is InChI=1S/C10H15F3N4O2/c1-19-5-6(18)2-3-15-8-4-7(10(11,12)13)16-9(14)17-8/h4,6,18H,2-3,5H2,1H3,(H3,14,15,16,17). The third-order valence-corrected chi connectivity index (χ3v) is 2.18. The number of aliphatic hydroxyl groups is 1. The summed E-state index contributed by atoms with van der Waals surface area (Å²) in [6.07, 6.45) is -4.97. The molecule has 4 N–H and O–H groups in total. The molecule has 9 heteroatoms. The molecule has 108 valence electrons. The number of methoxy groups -OCH3 is 1. The van der Waals surface area contributed by atoms with E-state index in [9.17, 15) is 18.3 Å². The maximum atomic E-state index is 12.5. The molecule has 0 saturated heterocycles. The molecule has 1 aromatic heterocycles. The quantitative estimate of drug-likeness (QED) is 0.716. The minimum absolute atomic E-state index is 0.0376. The minimum atomic E-state index is -4.58. The number of hydrogen-bond acceptors (Lipinski definition) is 6. The molecule has 0 aromatic carbocycles. The van der Waals surface area contributed by atoms with Gasteiger partial charge in [-0.1, -0.05) is 0 Å². The van der Waals surface area contributed by atoms with Gasteiger partial charge >= 0.3 is 6.18 Å². The van der Waals surface area contributed by atoms with Crippen LogP contribution in [-0.4, -0.2) is 41.4 Å². The summed E-state index contributed by atoms with van der Waals surface area (Å²) in [6.45, 7) is 0.389. The van der Waals surface area contributed by atoms with Crippen LogP contribution in [0.15, 0.2) is 6.07 Å². The highest BCUT2D eigenvalue weighted by atomic mass is 19.4. The molecule has 1 rings (SSSR count). The van der Waals surface area contributed by atoms with Crippen molar-refractivity contribution in [3.05, 3.63) is 11.8 Å². The van der Waals surface area contributed by atoms with Gasteiger partial charge in [0.15, 0.2) is 5.69 Å². The van der Waals surface area contributed by atoms with Crippen molar-refractivity contribution in [3.63, 3.8) is 0 Å². The summed E-state index contributed by atoms with van der Waals surface area (Å²) in [5.41, 5.74) is 4.09. The van der Waals surface area contributed by atoms with Crippen molar-refractivity contribution in [3.8, 4) is 0 Å². The van der Waals surface area contributed by atoms with Crippen molar-refractivity contribution in [1.29, 1.82) is 0 Å². The first kappa shape index (κ1) is 15.4. The lowest BCUT2D eigenvalue weighted by Gasteiger charge is -2.12. The Kier molecular flexibility index (Phi) is 5.31. The number of aliphatic hydroxyl groups excluding tert-OH is 1. The van der Waals surface area contributed by atoms with Gasteiger partial charge in [-0.05, 0) is 6.42 Å². The zero-order valence-electron chi connectivity index (χ0n) is 10.2. The number of anilines is 2. The van der Waals surface area contributed by atoms with E-state index in [0.717, 1.165) is 6.07 Å². The Morgan fingerprint density at radius 1 is 1.47 bits per heavy atom. The number of hydrogen-bond donors (Lipinski definition) is 3. The Morgan fingerprint density at radius 2 is 2.16 bits per heavy atom. The first-order valence-electron chi connectivity index (χ1n) is 5.45. The predicted octanol–water partition coefficient (Wildman–Crippen LogP) is 0.887. The molecule has 19 heavy (non-hydrogen) atoms. The molecule has 0 bridgehead atoms. The number of aromatic nitrogens is 2. The molecule has 1 aromatic rings. The van der Waals surface area contributed by atoms with Crippen LogP contribution in [0.1, 0.15) is 12.1 Å². The van der Waals surface area contributed by atoms with Gasteiger partial charge in [-0.3, -0.25) is 0 Å². The maximum absolute atomic E-state index is 12.5. The van der Waals surface area contributed by atoms with E-state index in [4.69, 9.17) is 10.5 Å². The van der Waals surface area contributed by atoms with E-state index in [1.807, 2.05) is 0 Å². The summed E-state index contributed by atoms with van der Waals surface area (Å²) in [5, 5.41) is 12.0.